The van der Waals surface area contributed by atoms with Crippen LogP contribution in [0.2, 0.25) is 0 Å². The predicted molar refractivity (Wildman–Crippen MR) is 43.0 cm³/mol. The summed E-state index contributed by atoms with van der Waals surface area (Å²) in [7, 11) is 1.35. The van der Waals surface area contributed by atoms with Crippen molar-refractivity contribution in [1.29, 1.82) is 0 Å². The highest BCUT2D eigenvalue weighted by Crippen LogP contribution is 2.20. The molecule has 0 amide bonds. The van der Waals surface area contributed by atoms with Crippen LogP contribution < -0.4 is 4.74 Å². The Morgan fingerprint density at radius 2 is 1.83 bits per heavy atom. The van der Waals surface area contributed by atoms with Crippen molar-refractivity contribution in [2.75, 3.05) is 7.11 Å². The van der Waals surface area contributed by atoms with Gasteiger partial charge in [0, 0.05) is 17.7 Å². The van der Waals surface area contributed by atoms with Crippen LogP contribution in [-0.4, -0.2) is 7.11 Å². The minimum atomic E-state index is -0.665. The van der Waals surface area contributed by atoms with E-state index >= 15 is 0 Å². The van der Waals surface area contributed by atoms with Crippen LogP contribution in [0.5, 0.6) is 5.75 Å². The quantitative estimate of drug-likeness (QED) is 0.662. The molecule has 1 nitrogen and oxygen atoms in total. The molecule has 0 unspecified atom stereocenters. The molecule has 64 valence electrons. The van der Waals surface area contributed by atoms with E-state index in [0.29, 0.717) is 0 Å². The maximum atomic E-state index is 12.9. The van der Waals surface area contributed by atoms with E-state index in [4.69, 9.17) is 0 Å². The molecule has 0 atom stereocenters. The maximum Gasteiger partial charge on any atom is 0.137 e. The van der Waals surface area contributed by atoms with Crippen molar-refractivity contribution >= 4 is 6.08 Å². The van der Waals surface area contributed by atoms with E-state index in [-0.39, 0.29) is 11.3 Å². The summed E-state index contributed by atoms with van der Waals surface area (Å²) >= 11 is 0. The van der Waals surface area contributed by atoms with Gasteiger partial charge in [-0.2, -0.15) is 0 Å². The molecule has 0 aromatic heterocycles. The molecule has 3 heteroatoms. The van der Waals surface area contributed by atoms with Gasteiger partial charge in [0.15, 0.2) is 0 Å². The van der Waals surface area contributed by atoms with Gasteiger partial charge in [-0.25, -0.2) is 8.78 Å². The number of rotatable bonds is 2. The lowest BCUT2D eigenvalue weighted by Gasteiger charge is -2.02. The maximum absolute atomic E-state index is 12.9. The lowest BCUT2D eigenvalue weighted by Crippen LogP contribution is -1.91. The summed E-state index contributed by atoms with van der Waals surface area (Å²) in [5, 5.41) is 0. The first kappa shape index (κ1) is 8.71. The van der Waals surface area contributed by atoms with Gasteiger partial charge in [0.25, 0.3) is 0 Å². The van der Waals surface area contributed by atoms with Crippen LogP contribution in [0.25, 0.3) is 6.08 Å². The van der Waals surface area contributed by atoms with Crippen molar-refractivity contribution in [3.05, 3.63) is 35.9 Å². The van der Waals surface area contributed by atoms with Gasteiger partial charge in [-0.1, -0.05) is 12.7 Å². The van der Waals surface area contributed by atoms with Crippen molar-refractivity contribution in [2.24, 2.45) is 0 Å². The van der Waals surface area contributed by atoms with Crippen LogP contribution in [0.3, 0.4) is 0 Å². The van der Waals surface area contributed by atoms with Gasteiger partial charge in [0.05, 0.1) is 7.11 Å². The number of hydrogen-bond acceptors (Lipinski definition) is 1. The van der Waals surface area contributed by atoms with Gasteiger partial charge in [-0.15, -0.1) is 0 Å². The molecule has 12 heavy (non-hydrogen) atoms. The molecule has 0 radical (unpaired) electrons. The molecule has 1 aromatic rings. The number of halogens is 2. The van der Waals surface area contributed by atoms with Crippen LogP contribution in [-0.2, 0) is 0 Å². The van der Waals surface area contributed by atoms with E-state index in [0.717, 1.165) is 18.2 Å². The Balaban J connectivity index is 3.27. The van der Waals surface area contributed by atoms with Crippen molar-refractivity contribution in [3.8, 4) is 5.75 Å². The van der Waals surface area contributed by atoms with Gasteiger partial charge in [0.1, 0.15) is 17.4 Å². The first-order valence-electron chi connectivity index (χ1n) is 3.34. The first-order valence-corrected chi connectivity index (χ1v) is 3.34. The lowest BCUT2D eigenvalue weighted by molar-refractivity contribution is 0.406. The second-order valence-corrected chi connectivity index (χ2v) is 2.21. The Morgan fingerprint density at radius 1 is 1.33 bits per heavy atom. The summed E-state index contributed by atoms with van der Waals surface area (Å²) in [5.74, 6) is -1.17. The van der Waals surface area contributed by atoms with Crippen LogP contribution >= 0.6 is 0 Å². The van der Waals surface area contributed by atoms with E-state index in [1.54, 1.807) is 0 Å². The third-order valence-electron chi connectivity index (χ3n) is 1.49. The van der Waals surface area contributed by atoms with Crippen molar-refractivity contribution in [3.63, 3.8) is 0 Å². The minimum Gasteiger partial charge on any atom is -0.497 e. The van der Waals surface area contributed by atoms with Crippen LogP contribution in [0.1, 0.15) is 5.56 Å². The average Bonchev–Trinajstić information content (AvgIpc) is 2.03. The Labute approximate surface area is 69.3 Å². The van der Waals surface area contributed by atoms with Crippen molar-refractivity contribution in [1.82, 2.24) is 0 Å². The summed E-state index contributed by atoms with van der Waals surface area (Å²) in [6, 6.07) is 2.22. The number of methoxy groups -OCH3 is 1. The van der Waals surface area contributed by atoms with Crippen LogP contribution in [0.4, 0.5) is 8.78 Å². The van der Waals surface area contributed by atoms with Crippen molar-refractivity contribution in [2.45, 2.75) is 0 Å². The predicted octanol–water partition coefficient (Wildman–Crippen LogP) is 2.62. The van der Waals surface area contributed by atoms with Crippen LogP contribution in [0, 0.1) is 11.6 Å². The van der Waals surface area contributed by atoms with Gasteiger partial charge >= 0.3 is 0 Å². The number of hydrogen-bond donors (Lipinski definition) is 0. The second-order valence-electron chi connectivity index (χ2n) is 2.21. The zero-order chi connectivity index (χ0) is 9.14. The normalized spacial score (nSPS) is 9.58. The summed E-state index contributed by atoms with van der Waals surface area (Å²) in [4.78, 5) is 0. The lowest BCUT2D eigenvalue weighted by atomic mass is 10.2. The Kier molecular flexibility index (Phi) is 2.43. The SMILES string of the molecule is C=Cc1c(F)cc(OC)cc1F. The zero-order valence-corrected chi connectivity index (χ0v) is 6.60. The Hall–Kier alpha value is -1.38. The second kappa shape index (κ2) is 3.34. The Morgan fingerprint density at radius 3 is 2.17 bits per heavy atom. The molecule has 0 fully saturated rings. The largest absolute Gasteiger partial charge is 0.497 e. The summed E-state index contributed by atoms with van der Waals surface area (Å²) in [6.45, 7) is 3.29. The van der Waals surface area contributed by atoms with Crippen molar-refractivity contribution < 1.29 is 13.5 Å². The fourth-order valence-electron chi connectivity index (χ4n) is 0.874. The van der Waals surface area contributed by atoms with E-state index in [1.807, 2.05) is 0 Å². The third-order valence-corrected chi connectivity index (χ3v) is 1.49. The molecule has 0 bridgehead atoms. The molecule has 1 aromatic carbocycles. The van der Waals surface area contributed by atoms with Gasteiger partial charge in [-0.05, 0) is 0 Å². The summed E-state index contributed by atoms with van der Waals surface area (Å²) in [5.41, 5.74) is -0.129. The number of benzene rings is 1. The third kappa shape index (κ3) is 1.44. The Bertz CT molecular complexity index is 284. The first-order chi connectivity index (χ1) is 5.69. The van der Waals surface area contributed by atoms with Gasteiger partial charge in [-0.3, -0.25) is 0 Å². The molecule has 1 rings (SSSR count). The van der Waals surface area contributed by atoms with E-state index < -0.39 is 11.6 Å². The molecule has 0 N–H and O–H groups in total. The monoisotopic (exact) mass is 170 g/mol. The zero-order valence-electron chi connectivity index (χ0n) is 6.60. The van der Waals surface area contributed by atoms with E-state index in [1.165, 1.54) is 7.11 Å². The highest BCUT2D eigenvalue weighted by atomic mass is 19.1. The fraction of sp³-hybridized carbons (Fsp3) is 0.111. The molecule has 0 aliphatic heterocycles. The van der Waals surface area contributed by atoms with E-state index in [9.17, 15) is 8.78 Å². The average molecular weight is 170 g/mol. The molecular formula is C9H8F2O. The van der Waals surface area contributed by atoms with Gasteiger partial charge < -0.3 is 4.74 Å². The standard InChI is InChI=1S/C9H8F2O/c1-3-7-8(10)4-6(12-2)5-9(7)11/h3-5H,1H2,2H3. The topological polar surface area (TPSA) is 9.23 Å². The highest BCUT2D eigenvalue weighted by molar-refractivity contribution is 5.50. The number of ether oxygens (including phenoxy) is 1. The highest BCUT2D eigenvalue weighted by Gasteiger charge is 2.07. The molecular weight excluding hydrogens is 162 g/mol. The van der Waals surface area contributed by atoms with Gasteiger partial charge in [0.2, 0.25) is 0 Å². The smallest absolute Gasteiger partial charge is 0.137 e. The fourth-order valence-corrected chi connectivity index (χ4v) is 0.874. The molecule has 0 aliphatic carbocycles. The molecule has 0 saturated heterocycles. The minimum absolute atomic E-state index is 0.129. The molecule has 0 spiro atoms. The molecule has 0 aliphatic rings. The molecule has 0 heterocycles. The summed E-state index contributed by atoms with van der Waals surface area (Å²) in [6.07, 6.45) is 1.13. The van der Waals surface area contributed by atoms with E-state index in [2.05, 4.69) is 11.3 Å². The van der Waals surface area contributed by atoms with Crippen LogP contribution in [0.15, 0.2) is 18.7 Å². The summed E-state index contributed by atoms with van der Waals surface area (Å²) < 4.78 is 30.5. The molecule has 0 saturated carbocycles.